The molecule has 6 rings (SSSR count). The van der Waals surface area contributed by atoms with Gasteiger partial charge in [-0.15, -0.1) is 0 Å². The number of nitrogens with zero attached hydrogens (tertiary/aromatic N) is 8. The Morgan fingerprint density at radius 1 is 0.327 bits per heavy atom. The number of rotatable bonds is 3. The van der Waals surface area contributed by atoms with Gasteiger partial charge in [-0.1, -0.05) is 63.4 Å². The van der Waals surface area contributed by atoms with Gasteiger partial charge < -0.3 is 30.6 Å². The van der Waals surface area contributed by atoms with Crippen LogP contribution in [0.2, 0.25) is 0 Å². The van der Waals surface area contributed by atoms with Crippen LogP contribution in [0.25, 0.3) is 34.2 Å². The molecular weight excluding hydrogens is 952 g/mol. The molecule has 49 heavy (non-hydrogen) atoms. The van der Waals surface area contributed by atoms with Crippen molar-refractivity contribution in [3.8, 4) is 34.2 Å². The minimum absolute atomic E-state index is 0. The van der Waals surface area contributed by atoms with Crippen molar-refractivity contribution in [2.75, 3.05) is 0 Å². The monoisotopic (exact) mass is 980 g/mol. The average Bonchev–Trinajstić information content (AvgIpc) is 3.07. The van der Waals surface area contributed by atoms with Gasteiger partial charge in [-0.25, -0.2) is 0 Å². The summed E-state index contributed by atoms with van der Waals surface area (Å²) in [5.74, 6) is 0. The van der Waals surface area contributed by atoms with Crippen molar-refractivity contribution in [2.24, 2.45) is 0 Å². The summed E-state index contributed by atoms with van der Waals surface area (Å²) < 4.78 is 0. The molecule has 0 saturated carbocycles. The first-order valence-corrected chi connectivity index (χ1v) is 12.5. The smallest absolute Gasteiger partial charge is 0.356 e. The molecule has 0 bridgehead atoms. The van der Waals surface area contributed by atoms with E-state index in [1.54, 1.807) is 37.2 Å². The van der Waals surface area contributed by atoms with E-state index in [0.717, 1.165) is 34.2 Å². The van der Waals surface area contributed by atoms with Crippen LogP contribution in [0.5, 0.6) is 0 Å². The molecule has 6 heterocycles. The van der Waals surface area contributed by atoms with Gasteiger partial charge in [-0.05, 0) is 72.8 Å². The summed E-state index contributed by atoms with van der Waals surface area (Å²) in [5, 5.41) is 29.5. The summed E-state index contributed by atoms with van der Waals surface area (Å²) in [4.78, 5) is 41.6. The molecule has 0 atom stereocenters. The van der Waals surface area contributed by atoms with Crippen LogP contribution in [0.4, 0.5) is 0 Å². The molecule has 14 nitrogen and oxygen atoms in total. The second-order valence-electron chi connectivity index (χ2n) is 7.74. The van der Waals surface area contributed by atoms with Gasteiger partial charge in [-0.2, -0.15) is 0 Å². The molecule has 6 aromatic heterocycles. The molecule has 19 heteroatoms. The molecule has 0 aliphatic rings. The molecule has 0 N–H and O–H groups in total. The summed E-state index contributed by atoms with van der Waals surface area (Å²) in [5.41, 5.74) is 5.49. The Kier molecular flexibility index (Phi) is 34.4. The Bertz CT molecular complexity index is 1320. The average molecular weight is 982 g/mol. The van der Waals surface area contributed by atoms with Crippen molar-refractivity contribution in [1.82, 2.24) is 29.9 Å². The van der Waals surface area contributed by atoms with Crippen LogP contribution in [-0.2, 0) is 88.3 Å². The van der Waals surface area contributed by atoms with Crippen LogP contribution in [0.15, 0.2) is 146 Å². The first-order chi connectivity index (χ1) is 21.4. The summed E-state index contributed by atoms with van der Waals surface area (Å²) in [6.07, 6.45) is 10.6. The van der Waals surface area contributed by atoms with Crippen molar-refractivity contribution >= 4 is 27.0 Å². The van der Waals surface area contributed by atoms with E-state index in [1.165, 1.54) is 0 Å². The van der Waals surface area contributed by atoms with E-state index >= 15 is 0 Å². The van der Waals surface area contributed by atoms with Gasteiger partial charge in [-0.3, -0.25) is 29.9 Å². The van der Waals surface area contributed by atoms with Crippen molar-refractivity contribution in [3.05, 3.63) is 177 Å². The van der Waals surface area contributed by atoms with Gasteiger partial charge in [0.1, 0.15) is 0 Å². The Hall–Kier alpha value is -4.01. The Morgan fingerprint density at radius 2 is 0.449 bits per heavy atom. The first-order valence-electron chi connectivity index (χ1n) is 12.5. The molecule has 0 aliphatic carbocycles. The van der Waals surface area contributed by atoms with Crippen LogP contribution in [-0.4, -0.2) is 40.1 Å². The molecule has 0 radical (unpaired) electrons. The van der Waals surface area contributed by atoms with Crippen LogP contribution in [0.3, 0.4) is 0 Å². The summed E-state index contributed by atoms with van der Waals surface area (Å²) >= 11 is 0. The summed E-state index contributed by atoms with van der Waals surface area (Å²) in [6.45, 7) is 0. The Labute approximate surface area is 337 Å². The third-order valence-electron chi connectivity index (χ3n) is 4.78. The molecule has 6 aromatic rings. The minimum Gasteiger partial charge on any atom is -0.356 e. The summed E-state index contributed by atoms with van der Waals surface area (Å²) in [7, 11) is 0. The van der Waals surface area contributed by atoms with Crippen LogP contribution < -0.4 is 0 Å². The number of hydrogen-bond donors (Lipinski definition) is 0. The van der Waals surface area contributed by atoms with Crippen LogP contribution >= 0.6 is 0 Å². The standard InChI is InChI=1S/3C10H8N2.2NO3.3Pd.2H2S/c3*1-3-7-11-9(5-1)10-6-2-4-8-12-10;2*2-1(3)4;;;;;/h3*1-8H;;;;;;2*1H2/q;;;2*-1;3*+2;;/p+2. The van der Waals surface area contributed by atoms with Gasteiger partial charge in [0.15, 0.2) is 0 Å². The maximum Gasteiger partial charge on any atom is 2.00 e. The largest absolute Gasteiger partial charge is 2.00 e. The fourth-order valence-corrected chi connectivity index (χ4v) is 3.09. The maximum atomic E-state index is 8.25. The second kappa shape index (κ2) is 32.5. The van der Waals surface area contributed by atoms with E-state index in [4.69, 9.17) is 30.6 Å². The topological polar surface area (TPSA) is 210 Å². The molecule has 0 amide bonds. The van der Waals surface area contributed by atoms with Crippen molar-refractivity contribution in [1.29, 1.82) is 0 Å². The van der Waals surface area contributed by atoms with Crippen molar-refractivity contribution < 1.29 is 71.4 Å². The third-order valence-corrected chi connectivity index (χ3v) is 4.78. The second-order valence-corrected chi connectivity index (χ2v) is 7.74. The maximum absolute atomic E-state index is 8.25. The zero-order chi connectivity index (χ0) is 31.8. The van der Waals surface area contributed by atoms with E-state index in [0.29, 0.717) is 0 Å². The molecular formula is C30H30N8O6Pd3S2+6. The molecule has 0 fully saturated rings. The van der Waals surface area contributed by atoms with Gasteiger partial charge in [0.2, 0.25) is 0 Å². The third kappa shape index (κ3) is 24.7. The van der Waals surface area contributed by atoms with E-state index in [2.05, 4.69) is 29.9 Å². The fraction of sp³-hybridized carbons (Fsp3) is 0. The minimum atomic E-state index is -1.75. The van der Waals surface area contributed by atoms with E-state index in [9.17, 15) is 0 Å². The predicted molar refractivity (Wildman–Crippen MR) is 186 cm³/mol. The predicted octanol–water partition coefficient (Wildman–Crippen LogP) is 4.33. The molecule has 0 aromatic carbocycles. The van der Waals surface area contributed by atoms with Crippen LogP contribution in [0, 0.1) is 30.6 Å². The van der Waals surface area contributed by atoms with E-state index in [-0.39, 0.29) is 88.3 Å². The van der Waals surface area contributed by atoms with Gasteiger partial charge in [0.25, 0.3) is 0 Å². The Balaban J connectivity index is -0.000000267. The molecule has 0 spiro atoms. The number of aromatic nitrogens is 6. The number of hydrogen-bond acceptors (Lipinski definition) is 12. The zero-order valence-electron chi connectivity index (χ0n) is 25.0. The van der Waals surface area contributed by atoms with Gasteiger partial charge in [0.05, 0.1) is 44.3 Å². The van der Waals surface area contributed by atoms with Gasteiger partial charge in [0, 0.05) is 37.2 Å². The van der Waals surface area contributed by atoms with Crippen LogP contribution in [0.1, 0.15) is 0 Å². The normalized spacial score (nSPS) is 8.08. The molecule has 262 valence electrons. The zero-order valence-corrected chi connectivity index (χ0v) is 32.0. The Morgan fingerprint density at radius 3 is 0.531 bits per heavy atom. The quantitative estimate of drug-likeness (QED) is 0.105. The van der Waals surface area contributed by atoms with E-state index in [1.807, 2.05) is 109 Å². The van der Waals surface area contributed by atoms with Crippen molar-refractivity contribution in [2.45, 2.75) is 0 Å². The van der Waals surface area contributed by atoms with Crippen molar-refractivity contribution in [3.63, 3.8) is 0 Å². The molecule has 0 aliphatic heterocycles. The molecule has 0 saturated heterocycles. The van der Waals surface area contributed by atoms with E-state index < -0.39 is 10.2 Å². The summed E-state index contributed by atoms with van der Waals surface area (Å²) in [6, 6.07) is 34.8. The molecule has 0 unspecified atom stereocenters. The SMILES string of the molecule is O=[N+]([O-])[O-].O=[N+]([O-])[O-].[Pd+2].[Pd+2].[Pd+2].[SH3+].[SH3+].c1ccc(-c2ccccn2)nc1.c1ccc(-c2ccccn2)nc1.c1ccc(-c2ccccn2)nc1. The first kappa shape index (κ1) is 51.8. The fourth-order valence-electron chi connectivity index (χ4n) is 3.09. The number of pyridine rings is 6. The van der Waals surface area contributed by atoms with Gasteiger partial charge >= 0.3 is 61.3 Å².